The zero-order chi connectivity index (χ0) is 20.6. The summed E-state index contributed by atoms with van der Waals surface area (Å²) in [6.07, 6.45) is 2.55. The van der Waals surface area contributed by atoms with Crippen molar-refractivity contribution in [2.75, 3.05) is 66.5 Å². The molecule has 164 valence electrons. The second-order valence-electron chi connectivity index (χ2n) is 8.63. The van der Waals surface area contributed by atoms with Gasteiger partial charge in [-0.1, -0.05) is 6.07 Å². The second-order valence-corrected chi connectivity index (χ2v) is 9.61. The maximum absolute atomic E-state index is 4.93. The summed E-state index contributed by atoms with van der Waals surface area (Å²) in [6.45, 7) is 13.0. The van der Waals surface area contributed by atoms with Crippen molar-refractivity contribution in [2.24, 2.45) is 10.9 Å². The highest BCUT2D eigenvalue weighted by molar-refractivity contribution is 7.10. The van der Waals surface area contributed by atoms with Crippen LogP contribution in [0, 0.1) is 5.92 Å². The van der Waals surface area contributed by atoms with Crippen molar-refractivity contribution in [3.63, 3.8) is 0 Å². The zero-order valence-corrected chi connectivity index (χ0v) is 19.5. The van der Waals surface area contributed by atoms with E-state index in [1.54, 1.807) is 0 Å². The summed E-state index contributed by atoms with van der Waals surface area (Å²) in [7, 11) is 4.48. The Morgan fingerprint density at radius 3 is 2.69 bits per heavy atom. The molecule has 3 atom stereocenters. The molecular formula is C22H40N6S. The Morgan fingerprint density at radius 1 is 1.21 bits per heavy atom. The van der Waals surface area contributed by atoms with Gasteiger partial charge in [-0.05, 0) is 64.7 Å². The standard InChI is InChI=1S/C22H40N6S/c1-5-23-22(24-16-18(2)28-13-11-26(3)12-14-28)25-17-19-8-6-10-27(4)21(19)20-9-7-15-29-20/h7,9,15,18-19,21H,5-6,8,10-14,16-17H2,1-4H3,(H2,23,24,25). The summed E-state index contributed by atoms with van der Waals surface area (Å²) in [5.41, 5.74) is 0. The largest absolute Gasteiger partial charge is 0.357 e. The van der Waals surface area contributed by atoms with E-state index in [4.69, 9.17) is 4.99 Å². The van der Waals surface area contributed by atoms with E-state index in [1.165, 1.54) is 24.3 Å². The second kappa shape index (κ2) is 11.3. The first-order chi connectivity index (χ1) is 14.1. The van der Waals surface area contributed by atoms with Crippen molar-refractivity contribution < 1.29 is 0 Å². The molecule has 7 heteroatoms. The molecule has 0 saturated carbocycles. The number of likely N-dealkylation sites (tertiary alicyclic amines) is 1. The first kappa shape index (κ1) is 22.5. The van der Waals surface area contributed by atoms with E-state index < -0.39 is 0 Å². The lowest BCUT2D eigenvalue weighted by molar-refractivity contribution is 0.121. The van der Waals surface area contributed by atoms with Crippen molar-refractivity contribution in [1.29, 1.82) is 0 Å². The van der Waals surface area contributed by atoms with E-state index in [0.717, 1.165) is 51.8 Å². The fourth-order valence-corrected chi connectivity index (χ4v) is 5.54. The van der Waals surface area contributed by atoms with Crippen LogP contribution in [0.15, 0.2) is 22.5 Å². The molecule has 2 fully saturated rings. The van der Waals surface area contributed by atoms with Crippen LogP contribution in [0.25, 0.3) is 0 Å². The van der Waals surface area contributed by atoms with Crippen LogP contribution in [0.5, 0.6) is 0 Å². The van der Waals surface area contributed by atoms with Gasteiger partial charge in [0.25, 0.3) is 0 Å². The van der Waals surface area contributed by atoms with Crippen LogP contribution in [0.1, 0.15) is 37.6 Å². The van der Waals surface area contributed by atoms with Gasteiger partial charge < -0.3 is 15.5 Å². The zero-order valence-electron chi connectivity index (χ0n) is 18.7. The Balaban J connectivity index is 1.55. The number of thiophene rings is 1. The first-order valence-electron chi connectivity index (χ1n) is 11.3. The minimum atomic E-state index is 0.485. The van der Waals surface area contributed by atoms with Gasteiger partial charge in [-0.15, -0.1) is 11.3 Å². The van der Waals surface area contributed by atoms with Crippen molar-refractivity contribution in [3.05, 3.63) is 22.4 Å². The number of piperazine rings is 1. The monoisotopic (exact) mass is 420 g/mol. The van der Waals surface area contributed by atoms with Crippen molar-refractivity contribution in [2.45, 2.75) is 38.8 Å². The van der Waals surface area contributed by atoms with E-state index in [-0.39, 0.29) is 0 Å². The van der Waals surface area contributed by atoms with Crippen LogP contribution in [0.3, 0.4) is 0 Å². The Labute approximate surface area is 181 Å². The topological polar surface area (TPSA) is 46.1 Å². The predicted octanol–water partition coefficient (Wildman–Crippen LogP) is 2.32. The molecule has 0 aromatic carbocycles. The normalized spacial score (nSPS) is 26.4. The molecular weight excluding hydrogens is 380 g/mol. The van der Waals surface area contributed by atoms with E-state index in [9.17, 15) is 0 Å². The molecule has 3 rings (SSSR count). The number of guanidine groups is 1. The smallest absolute Gasteiger partial charge is 0.191 e. The molecule has 2 aliphatic heterocycles. The molecule has 1 aromatic heterocycles. The SMILES string of the molecule is CCNC(=NCC(C)N1CCN(C)CC1)NCC1CCCN(C)C1c1cccs1. The third-order valence-corrected chi connectivity index (χ3v) is 7.34. The summed E-state index contributed by atoms with van der Waals surface area (Å²) in [5, 5.41) is 9.31. The lowest BCUT2D eigenvalue weighted by Crippen LogP contribution is -2.49. The Bertz CT molecular complexity index is 611. The molecule has 29 heavy (non-hydrogen) atoms. The van der Waals surface area contributed by atoms with Crippen molar-refractivity contribution in [3.8, 4) is 0 Å². The molecule has 0 radical (unpaired) electrons. The van der Waals surface area contributed by atoms with Gasteiger partial charge in [0.2, 0.25) is 0 Å². The van der Waals surface area contributed by atoms with Gasteiger partial charge in [0.15, 0.2) is 5.96 Å². The molecule has 2 saturated heterocycles. The number of likely N-dealkylation sites (N-methyl/N-ethyl adjacent to an activating group) is 1. The van der Waals surface area contributed by atoms with Crippen LogP contribution < -0.4 is 10.6 Å². The van der Waals surface area contributed by atoms with Gasteiger partial charge in [-0.3, -0.25) is 14.8 Å². The average molecular weight is 421 g/mol. The lowest BCUT2D eigenvalue weighted by atomic mass is 9.88. The van der Waals surface area contributed by atoms with Gasteiger partial charge in [0.05, 0.1) is 6.54 Å². The molecule has 1 aromatic rings. The molecule has 0 aliphatic carbocycles. The maximum atomic E-state index is 4.93. The van der Waals surface area contributed by atoms with Crippen molar-refractivity contribution >= 4 is 17.3 Å². The third-order valence-electron chi connectivity index (χ3n) is 6.39. The highest BCUT2D eigenvalue weighted by Crippen LogP contribution is 2.36. The quantitative estimate of drug-likeness (QED) is 0.524. The number of hydrogen-bond donors (Lipinski definition) is 2. The fraction of sp³-hybridized carbons (Fsp3) is 0.773. The summed E-state index contributed by atoms with van der Waals surface area (Å²) >= 11 is 1.89. The summed E-state index contributed by atoms with van der Waals surface area (Å²) in [5.74, 6) is 1.58. The Hall–Kier alpha value is -1.15. The fourth-order valence-electron chi connectivity index (χ4n) is 4.55. The van der Waals surface area contributed by atoms with E-state index in [1.807, 2.05) is 11.3 Å². The molecule has 0 spiro atoms. The summed E-state index contributed by atoms with van der Waals surface area (Å²) < 4.78 is 0. The van der Waals surface area contributed by atoms with E-state index in [0.29, 0.717) is 18.0 Å². The minimum absolute atomic E-state index is 0.485. The molecule has 6 nitrogen and oxygen atoms in total. The highest BCUT2D eigenvalue weighted by atomic mass is 32.1. The van der Waals surface area contributed by atoms with Gasteiger partial charge >= 0.3 is 0 Å². The number of piperidine rings is 1. The lowest BCUT2D eigenvalue weighted by Gasteiger charge is -2.39. The Morgan fingerprint density at radius 2 is 2.00 bits per heavy atom. The van der Waals surface area contributed by atoms with Crippen molar-refractivity contribution in [1.82, 2.24) is 25.3 Å². The van der Waals surface area contributed by atoms with Gasteiger partial charge in [-0.2, -0.15) is 0 Å². The minimum Gasteiger partial charge on any atom is -0.357 e. The summed E-state index contributed by atoms with van der Waals surface area (Å²) in [4.78, 5) is 13.9. The van der Waals surface area contributed by atoms with E-state index in [2.05, 4.69) is 70.8 Å². The Kier molecular flexibility index (Phi) is 8.78. The number of rotatable bonds is 7. The van der Waals surface area contributed by atoms with Crippen LogP contribution in [0.4, 0.5) is 0 Å². The summed E-state index contributed by atoms with van der Waals surface area (Å²) in [6, 6.07) is 5.47. The van der Waals surface area contributed by atoms with Gasteiger partial charge in [0, 0.05) is 56.2 Å². The van der Waals surface area contributed by atoms with E-state index >= 15 is 0 Å². The molecule has 2 N–H and O–H groups in total. The third kappa shape index (κ3) is 6.41. The van der Waals surface area contributed by atoms with Crippen LogP contribution >= 0.6 is 11.3 Å². The van der Waals surface area contributed by atoms with Gasteiger partial charge in [0.1, 0.15) is 0 Å². The average Bonchev–Trinajstić information content (AvgIpc) is 3.24. The van der Waals surface area contributed by atoms with Crippen LogP contribution in [-0.4, -0.2) is 93.2 Å². The van der Waals surface area contributed by atoms with Gasteiger partial charge in [-0.25, -0.2) is 0 Å². The number of hydrogen-bond acceptors (Lipinski definition) is 5. The number of aliphatic imine (C=N–C) groups is 1. The molecule has 3 heterocycles. The first-order valence-corrected chi connectivity index (χ1v) is 12.1. The maximum Gasteiger partial charge on any atom is 0.191 e. The number of nitrogens with one attached hydrogen (secondary N) is 2. The molecule has 0 bridgehead atoms. The predicted molar refractivity (Wildman–Crippen MR) is 125 cm³/mol. The molecule has 2 aliphatic rings. The number of nitrogens with zero attached hydrogens (tertiary/aromatic N) is 4. The highest BCUT2D eigenvalue weighted by Gasteiger charge is 2.31. The van der Waals surface area contributed by atoms with Crippen LogP contribution in [0.2, 0.25) is 0 Å². The molecule has 0 amide bonds. The molecule has 3 unspecified atom stereocenters. The van der Waals surface area contributed by atoms with Crippen LogP contribution in [-0.2, 0) is 0 Å².